The van der Waals surface area contributed by atoms with Crippen LogP contribution in [-0.4, -0.2) is 18.2 Å². The first kappa shape index (κ1) is 14.4. The summed E-state index contributed by atoms with van der Waals surface area (Å²) in [5, 5.41) is 10.5. The highest BCUT2D eigenvalue weighted by Gasteiger charge is 2.22. The van der Waals surface area contributed by atoms with Gasteiger partial charge in [0.25, 0.3) is 0 Å². The van der Waals surface area contributed by atoms with E-state index >= 15 is 0 Å². The number of methoxy groups -OCH3 is 1. The number of hydrogen-bond acceptors (Lipinski definition) is 4. The van der Waals surface area contributed by atoms with Crippen molar-refractivity contribution in [3.8, 4) is 11.3 Å². The van der Waals surface area contributed by atoms with Gasteiger partial charge in [0.2, 0.25) is 0 Å². The lowest BCUT2D eigenvalue weighted by Gasteiger charge is -2.09. The summed E-state index contributed by atoms with van der Waals surface area (Å²) in [5.74, 6) is 0.0193. The molecule has 1 aromatic carbocycles. The van der Waals surface area contributed by atoms with Crippen LogP contribution in [0.1, 0.15) is 11.9 Å². The standard InChI is InChI=1S/C15H13ClO4/c1-9(15(18)19-2)14(17)13-8-7-12(20-13)10-5-3-4-6-11(10)16/h3-8,14,17H,1H2,2H3. The minimum absolute atomic E-state index is 0.0902. The molecule has 0 saturated carbocycles. The Morgan fingerprint density at radius 1 is 1.35 bits per heavy atom. The van der Waals surface area contributed by atoms with Gasteiger partial charge in [-0.1, -0.05) is 30.3 Å². The third-order valence-corrected chi connectivity index (χ3v) is 3.14. The maximum absolute atomic E-state index is 11.3. The average molecular weight is 293 g/mol. The summed E-state index contributed by atoms with van der Waals surface area (Å²) in [6, 6.07) is 10.4. The number of benzene rings is 1. The molecule has 1 N–H and O–H groups in total. The molecular weight excluding hydrogens is 280 g/mol. The lowest BCUT2D eigenvalue weighted by atomic mass is 10.1. The van der Waals surface area contributed by atoms with Crippen LogP contribution < -0.4 is 0 Å². The van der Waals surface area contributed by atoms with Crippen LogP contribution in [0.5, 0.6) is 0 Å². The monoisotopic (exact) mass is 292 g/mol. The molecule has 2 aromatic rings. The van der Waals surface area contributed by atoms with Gasteiger partial charge in [-0.25, -0.2) is 4.79 Å². The van der Waals surface area contributed by atoms with Crippen LogP contribution in [-0.2, 0) is 9.53 Å². The number of rotatable bonds is 4. The van der Waals surface area contributed by atoms with E-state index in [2.05, 4.69) is 11.3 Å². The zero-order valence-electron chi connectivity index (χ0n) is 10.8. The fourth-order valence-corrected chi connectivity index (χ4v) is 1.95. The van der Waals surface area contributed by atoms with Gasteiger partial charge in [0.05, 0.1) is 17.7 Å². The molecule has 0 spiro atoms. The zero-order valence-corrected chi connectivity index (χ0v) is 11.6. The second-order valence-corrected chi connectivity index (χ2v) is 4.51. The molecule has 104 valence electrons. The minimum Gasteiger partial charge on any atom is -0.466 e. The second kappa shape index (κ2) is 5.94. The predicted octanol–water partition coefficient (Wildman–Crippen LogP) is 3.36. The molecule has 0 aliphatic heterocycles. The van der Waals surface area contributed by atoms with Crippen molar-refractivity contribution in [3.63, 3.8) is 0 Å². The predicted molar refractivity (Wildman–Crippen MR) is 75.3 cm³/mol. The van der Waals surface area contributed by atoms with Crippen LogP contribution in [0.4, 0.5) is 0 Å². The van der Waals surface area contributed by atoms with E-state index in [9.17, 15) is 9.90 Å². The maximum atomic E-state index is 11.3. The average Bonchev–Trinajstić information content (AvgIpc) is 2.94. The summed E-state index contributed by atoms with van der Waals surface area (Å²) < 4.78 is 10.0. The molecule has 1 heterocycles. The number of carbonyl (C=O) groups excluding carboxylic acids is 1. The van der Waals surface area contributed by atoms with Crippen molar-refractivity contribution in [1.82, 2.24) is 0 Å². The molecule has 0 amide bonds. The molecule has 0 saturated heterocycles. The fraction of sp³-hybridized carbons (Fsp3) is 0.133. The lowest BCUT2D eigenvalue weighted by Crippen LogP contribution is -2.11. The first-order valence-corrected chi connectivity index (χ1v) is 6.22. The number of aliphatic hydroxyl groups excluding tert-OH is 1. The van der Waals surface area contributed by atoms with E-state index in [1.165, 1.54) is 7.11 Å². The Morgan fingerprint density at radius 3 is 2.70 bits per heavy atom. The van der Waals surface area contributed by atoms with Crippen molar-refractivity contribution in [2.45, 2.75) is 6.10 Å². The molecule has 4 nitrogen and oxygen atoms in total. The van der Waals surface area contributed by atoms with Crippen LogP contribution in [0.25, 0.3) is 11.3 Å². The summed E-state index contributed by atoms with van der Waals surface area (Å²) in [4.78, 5) is 11.3. The zero-order chi connectivity index (χ0) is 14.7. The molecule has 20 heavy (non-hydrogen) atoms. The summed E-state index contributed by atoms with van der Waals surface area (Å²) in [7, 11) is 1.22. The number of furan rings is 1. The van der Waals surface area contributed by atoms with Crippen LogP contribution >= 0.6 is 11.6 Å². The number of ether oxygens (including phenoxy) is 1. The number of hydrogen-bond donors (Lipinski definition) is 1. The third kappa shape index (κ3) is 2.76. The van der Waals surface area contributed by atoms with E-state index in [0.717, 1.165) is 0 Å². The van der Waals surface area contributed by atoms with Crippen LogP contribution in [0.2, 0.25) is 5.02 Å². The Bertz CT molecular complexity index is 645. The third-order valence-electron chi connectivity index (χ3n) is 2.81. The van der Waals surface area contributed by atoms with Crippen LogP contribution in [0, 0.1) is 0 Å². The molecule has 2 rings (SSSR count). The van der Waals surface area contributed by atoms with Crippen molar-refractivity contribution in [2.75, 3.05) is 7.11 Å². The smallest absolute Gasteiger partial charge is 0.336 e. The number of esters is 1. The molecule has 0 bridgehead atoms. The Labute approximate surface area is 121 Å². The van der Waals surface area contributed by atoms with E-state index in [1.54, 1.807) is 24.3 Å². The van der Waals surface area contributed by atoms with Crippen molar-refractivity contribution < 1.29 is 19.1 Å². The van der Waals surface area contributed by atoms with Gasteiger partial charge in [-0.2, -0.15) is 0 Å². The summed E-state index contributed by atoms with van der Waals surface area (Å²) in [5.41, 5.74) is 0.615. The molecule has 5 heteroatoms. The molecule has 1 unspecified atom stereocenters. The van der Waals surface area contributed by atoms with E-state index < -0.39 is 12.1 Å². The molecule has 0 aliphatic rings. The Hall–Kier alpha value is -2.04. The van der Waals surface area contributed by atoms with E-state index in [-0.39, 0.29) is 11.3 Å². The highest BCUT2D eigenvalue weighted by molar-refractivity contribution is 6.33. The van der Waals surface area contributed by atoms with Gasteiger partial charge < -0.3 is 14.3 Å². The minimum atomic E-state index is -1.25. The van der Waals surface area contributed by atoms with Crippen molar-refractivity contribution in [1.29, 1.82) is 0 Å². The van der Waals surface area contributed by atoms with Crippen LogP contribution in [0.15, 0.2) is 53.0 Å². The quantitative estimate of drug-likeness (QED) is 0.693. The van der Waals surface area contributed by atoms with Gasteiger partial charge >= 0.3 is 5.97 Å². The molecule has 0 aliphatic carbocycles. The fourth-order valence-electron chi connectivity index (χ4n) is 1.72. The summed E-state index contributed by atoms with van der Waals surface area (Å²) >= 11 is 6.07. The SMILES string of the molecule is C=C(C(=O)OC)C(O)c1ccc(-c2ccccc2Cl)o1. The molecule has 1 atom stereocenters. The lowest BCUT2D eigenvalue weighted by molar-refractivity contribution is -0.137. The van der Waals surface area contributed by atoms with Gasteiger partial charge in [-0.15, -0.1) is 0 Å². The topological polar surface area (TPSA) is 59.7 Å². The number of carbonyl (C=O) groups is 1. The molecule has 0 radical (unpaired) electrons. The first-order chi connectivity index (χ1) is 9.54. The van der Waals surface area contributed by atoms with Crippen molar-refractivity contribution in [3.05, 3.63) is 59.3 Å². The van der Waals surface area contributed by atoms with Gasteiger partial charge in [0.1, 0.15) is 17.6 Å². The normalized spacial score (nSPS) is 11.9. The van der Waals surface area contributed by atoms with Crippen LogP contribution in [0.3, 0.4) is 0 Å². The van der Waals surface area contributed by atoms with E-state index in [1.807, 2.05) is 12.1 Å². The second-order valence-electron chi connectivity index (χ2n) is 4.10. The van der Waals surface area contributed by atoms with E-state index in [4.69, 9.17) is 16.0 Å². The van der Waals surface area contributed by atoms with Gasteiger partial charge in [-0.3, -0.25) is 0 Å². The Morgan fingerprint density at radius 2 is 2.05 bits per heavy atom. The molecule has 0 fully saturated rings. The summed E-state index contributed by atoms with van der Waals surface area (Å²) in [6.45, 7) is 3.49. The number of halogens is 1. The van der Waals surface area contributed by atoms with Gasteiger partial charge in [0, 0.05) is 5.56 Å². The molecule has 1 aromatic heterocycles. The Balaban J connectivity index is 2.28. The van der Waals surface area contributed by atoms with Gasteiger partial charge in [-0.05, 0) is 24.3 Å². The summed E-state index contributed by atoms with van der Waals surface area (Å²) in [6.07, 6.45) is -1.25. The van der Waals surface area contributed by atoms with Gasteiger partial charge in [0.15, 0.2) is 0 Å². The number of aliphatic hydroxyl groups is 1. The highest BCUT2D eigenvalue weighted by atomic mass is 35.5. The molecular formula is C15H13ClO4. The Kier molecular flexibility index (Phi) is 4.27. The van der Waals surface area contributed by atoms with Crippen molar-refractivity contribution >= 4 is 17.6 Å². The first-order valence-electron chi connectivity index (χ1n) is 5.84. The largest absolute Gasteiger partial charge is 0.466 e. The van der Waals surface area contributed by atoms with Crippen molar-refractivity contribution in [2.24, 2.45) is 0 Å². The maximum Gasteiger partial charge on any atom is 0.336 e. The highest BCUT2D eigenvalue weighted by Crippen LogP contribution is 2.32. The van der Waals surface area contributed by atoms with E-state index in [0.29, 0.717) is 16.3 Å².